The first-order valence-electron chi connectivity index (χ1n) is 5.71. The quantitative estimate of drug-likeness (QED) is 0.732. The van der Waals surface area contributed by atoms with Gasteiger partial charge in [-0.05, 0) is 19.3 Å². The van der Waals surface area contributed by atoms with Crippen LogP contribution in [0.3, 0.4) is 0 Å². The van der Waals surface area contributed by atoms with Crippen molar-refractivity contribution in [3.05, 3.63) is 35.9 Å². The van der Waals surface area contributed by atoms with Crippen molar-refractivity contribution >= 4 is 5.78 Å². The van der Waals surface area contributed by atoms with Crippen LogP contribution in [0.1, 0.15) is 36.0 Å². The summed E-state index contributed by atoms with van der Waals surface area (Å²) in [5.41, 5.74) is 4.95. The highest BCUT2D eigenvalue weighted by Gasteiger charge is 2.31. The summed E-state index contributed by atoms with van der Waals surface area (Å²) >= 11 is 0. The number of hydrogen-bond acceptors (Lipinski definition) is 1. The molecule has 2 rings (SSSR count). The molecule has 0 unspecified atom stereocenters. The number of ketones is 1. The van der Waals surface area contributed by atoms with Crippen molar-refractivity contribution in [3.8, 4) is 0 Å². The number of benzene rings is 1. The van der Waals surface area contributed by atoms with Gasteiger partial charge in [-0.25, -0.2) is 0 Å². The summed E-state index contributed by atoms with van der Waals surface area (Å²) in [7, 11) is 0. The lowest BCUT2D eigenvalue weighted by Gasteiger charge is -2.24. The van der Waals surface area contributed by atoms with E-state index < -0.39 is 0 Å². The summed E-state index contributed by atoms with van der Waals surface area (Å²) in [5.74, 6) is 0.441. The molecule has 80 valence electrons. The molecule has 1 aliphatic rings. The lowest BCUT2D eigenvalue weighted by Crippen LogP contribution is -2.66. The Balaban J connectivity index is 2.13. The van der Waals surface area contributed by atoms with Crippen LogP contribution in [0.25, 0.3) is 0 Å². The molecule has 15 heavy (non-hydrogen) atoms. The molecule has 2 heteroatoms. The van der Waals surface area contributed by atoms with Crippen molar-refractivity contribution in [2.24, 2.45) is 5.92 Å². The van der Waals surface area contributed by atoms with Gasteiger partial charge < -0.3 is 5.73 Å². The van der Waals surface area contributed by atoms with E-state index in [1.54, 1.807) is 0 Å². The molecule has 2 nitrogen and oxygen atoms in total. The number of rotatable bonds is 2. The normalized spacial score (nSPS) is 26.2. The van der Waals surface area contributed by atoms with Crippen molar-refractivity contribution in [1.82, 2.24) is 0 Å². The maximum atomic E-state index is 12.2. The van der Waals surface area contributed by atoms with Crippen molar-refractivity contribution in [3.63, 3.8) is 0 Å². The SMILES string of the molecule is [NH3+][C@H]1CCCC[C@H]1C(=O)c1ccccc1. The molecule has 3 N–H and O–H groups in total. The van der Waals surface area contributed by atoms with E-state index >= 15 is 0 Å². The molecule has 1 aromatic rings. The van der Waals surface area contributed by atoms with E-state index in [0.717, 1.165) is 18.4 Å². The summed E-state index contributed by atoms with van der Waals surface area (Å²) in [4.78, 5) is 12.2. The minimum atomic E-state index is 0.154. The van der Waals surface area contributed by atoms with Crippen LogP contribution in [0.5, 0.6) is 0 Å². The Hall–Kier alpha value is -1.15. The van der Waals surface area contributed by atoms with Crippen molar-refractivity contribution < 1.29 is 10.5 Å². The maximum absolute atomic E-state index is 12.2. The van der Waals surface area contributed by atoms with Crippen molar-refractivity contribution in [2.75, 3.05) is 0 Å². The van der Waals surface area contributed by atoms with Crippen molar-refractivity contribution in [1.29, 1.82) is 0 Å². The zero-order valence-corrected chi connectivity index (χ0v) is 8.99. The van der Waals surface area contributed by atoms with Gasteiger partial charge in [0, 0.05) is 5.56 Å². The Bertz CT molecular complexity index is 334. The average Bonchev–Trinajstić information content (AvgIpc) is 2.30. The Kier molecular flexibility index (Phi) is 3.17. The predicted molar refractivity (Wildman–Crippen MR) is 59.4 cm³/mol. The van der Waals surface area contributed by atoms with Gasteiger partial charge in [0.1, 0.15) is 0 Å². The first-order chi connectivity index (χ1) is 7.29. The largest absolute Gasteiger partial charge is 0.355 e. The standard InChI is InChI=1S/C13H17NO/c14-12-9-5-4-8-11(12)13(15)10-6-2-1-3-7-10/h1-3,6-7,11-12H,4-5,8-9,14H2/p+1/t11-,12+/m1/s1. The molecule has 1 aliphatic carbocycles. The van der Waals surface area contributed by atoms with Crippen LogP contribution in [0.15, 0.2) is 30.3 Å². The molecule has 0 heterocycles. The lowest BCUT2D eigenvalue weighted by atomic mass is 9.80. The molecule has 0 spiro atoms. The van der Waals surface area contributed by atoms with Gasteiger partial charge in [-0.3, -0.25) is 4.79 Å². The summed E-state index contributed by atoms with van der Waals surface area (Å²) < 4.78 is 0. The molecule has 1 aromatic carbocycles. The van der Waals surface area contributed by atoms with Crippen molar-refractivity contribution in [2.45, 2.75) is 31.7 Å². The number of carbonyl (C=O) groups excluding carboxylic acids is 1. The summed E-state index contributed by atoms with van der Waals surface area (Å²) in [6, 6.07) is 9.92. The second-order valence-electron chi connectivity index (χ2n) is 4.38. The molecule has 0 amide bonds. The van der Waals surface area contributed by atoms with E-state index in [1.165, 1.54) is 12.8 Å². The van der Waals surface area contributed by atoms with Crippen LogP contribution in [0.4, 0.5) is 0 Å². The molecular weight excluding hydrogens is 186 g/mol. The second-order valence-corrected chi connectivity index (χ2v) is 4.38. The van der Waals surface area contributed by atoms with Crippen LogP contribution in [0, 0.1) is 5.92 Å². The number of quaternary nitrogens is 1. The summed E-state index contributed by atoms with van der Waals surface area (Å²) in [6.07, 6.45) is 4.52. The fourth-order valence-corrected chi connectivity index (χ4v) is 2.37. The third kappa shape index (κ3) is 2.26. The van der Waals surface area contributed by atoms with E-state index in [-0.39, 0.29) is 11.7 Å². The summed E-state index contributed by atoms with van der Waals surface area (Å²) in [5, 5.41) is 0. The molecule has 1 fully saturated rings. The third-order valence-electron chi connectivity index (χ3n) is 3.30. The number of Topliss-reactive ketones (excluding diaryl/α,β-unsaturated/α-hetero) is 1. The van der Waals surface area contributed by atoms with Crippen LogP contribution in [-0.4, -0.2) is 11.8 Å². The minimum absolute atomic E-state index is 0.154. The van der Waals surface area contributed by atoms with Crippen LogP contribution in [-0.2, 0) is 0 Å². The molecule has 0 aromatic heterocycles. The highest BCUT2D eigenvalue weighted by atomic mass is 16.1. The lowest BCUT2D eigenvalue weighted by molar-refractivity contribution is -0.433. The number of hydrogen-bond donors (Lipinski definition) is 1. The molecular formula is C13H18NO+. The topological polar surface area (TPSA) is 44.7 Å². The van der Waals surface area contributed by atoms with Gasteiger partial charge in [0.15, 0.2) is 5.78 Å². The first kappa shape index (κ1) is 10.4. The second kappa shape index (κ2) is 4.58. The van der Waals surface area contributed by atoms with Gasteiger partial charge in [-0.1, -0.05) is 36.8 Å². The van der Waals surface area contributed by atoms with Crippen LogP contribution < -0.4 is 5.73 Å². The number of carbonyl (C=O) groups is 1. The van der Waals surface area contributed by atoms with Crippen LogP contribution in [0.2, 0.25) is 0 Å². The van der Waals surface area contributed by atoms with Gasteiger partial charge in [0.05, 0.1) is 12.0 Å². The Morgan fingerprint density at radius 2 is 1.80 bits per heavy atom. The Morgan fingerprint density at radius 3 is 2.47 bits per heavy atom. The maximum Gasteiger partial charge on any atom is 0.171 e. The Morgan fingerprint density at radius 1 is 1.13 bits per heavy atom. The Labute approximate surface area is 90.5 Å². The van der Waals surface area contributed by atoms with Gasteiger partial charge in [0.25, 0.3) is 0 Å². The van der Waals surface area contributed by atoms with E-state index in [9.17, 15) is 4.79 Å². The average molecular weight is 204 g/mol. The molecule has 0 radical (unpaired) electrons. The van der Waals surface area contributed by atoms with E-state index in [1.807, 2.05) is 30.3 Å². The van der Waals surface area contributed by atoms with Gasteiger partial charge in [0.2, 0.25) is 0 Å². The van der Waals surface area contributed by atoms with E-state index in [4.69, 9.17) is 0 Å². The fraction of sp³-hybridized carbons (Fsp3) is 0.462. The third-order valence-corrected chi connectivity index (χ3v) is 3.30. The zero-order valence-electron chi connectivity index (χ0n) is 8.99. The van der Waals surface area contributed by atoms with Gasteiger partial charge in [-0.15, -0.1) is 0 Å². The fourth-order valence-electron chi connectivity index (χ4n) is 2.37. The first-order valence-corrected chi connectivity index (χ1v) is 5.71. The molecule has 1 saturated carbocycles. The molecule has 0 aliphatic heterocycles. The van der Waals surface area contributed by atoms with Crippen LogP contribution >= 0.6 is 0 Å². The monoisotopic (exact) mass is 204 g/mol. The highest BCUT2D eigenvalue weighted by molar-refractivity contribution is 5.98. The smallest absolute Gasteiger partial charge is 0.171 e. The molecule has 0 saturated heterocycles. The summed E-state index contributed by atoms with van der Waals surface area (Å²) in [6.45, 7) is 0. The minimum Gasteiger partial charge on any atom is -0.355 e. The van der Waals surface area contributed by atoms with Gasteiger partial charge >= 0.3 is 0 Å². The van der Waals surface area contributed by atoms with E-state index in [0.29, 0.717) is 6.04 Å². The zero-order chi connectivity index (χ0) is 10.7. The highest BCUT2D eigenvalue weighted by Crippen LogP contribution is 2.25. The molecule has 0 bridgehead atoms. The predicted octanol–water partition coefficient (Wildman–Crippen LogP) is 1.67. The molecule has 2 atom stereocenters. The van der Waals surface area contributed by atoms with Gasteiger partial charge in [-0.2, -0.15) is 0 Å². The van der Waals surface area contributed by atoms with E-state index in [2.05, 4.69) is 5.73 Å².